The third-order valence-corrected chi connectivity index (χ3v) is 3.42. The summed E-state index contributed by atoms with van der Waals surface area (Å²) < 4.78 is 5.44. The maximum atomic E-state index is 11.9. The van der Waals surface area contributed by atoms with Gasteiger partial charge in [0.15, 0.2) is 0 Å². The van der Waals surface area contributed by atoms with E-state index in [2.05, 4.69) is 5.32 Å². The minimum atomic E-state index is -0.114. The Labute approximate surface area is 111 Å². The van der Waals surface area contributed by atoms with Gasteiger partial charge in [-0.25, -0.2) is 0 Å². The molecule has 3 N–H and O–H groups in total. The SMILES string of the molecule is CCOC1CC(NC(=O)c2ccc(N)c(Cl)c2)C1. The molecular formula is C13H17ClN2O2. The van der Waals surface area contributed by atoms with Crippen LogP contribution < -0.4 is 11.1 Å². The van der Waals surface area contributed by atoms with Gasteiger partial charge >= 0.3 is 0 Å². The summed E-state index contributed by atoms with van der Waals surface area (Å²) in [7, 11) is 0. The Morgan fingerprint density at radius 2 is 2.28 bits per heavy atom. The molecular weight excluding hydrogens is 252 g/mol. The molecule has 0 bridgehead atoms. The Hall–Kier alpha value is -1.26. The highest BCUT2D eigenvalue weighted by molar-refractivity contribution is 6.33. The van der Waals surface area contributed by atoms with E-state index in [1.54, 1.807) is 18.2 Å². The normalized spacial score (nSPS) is 22.3. The number of nitrogens with one attached hydrogen (secondary N) is 1. The molecule has 0 spiro atoms. The molecule has 1 aromatic carbocycles. The summed E-state index contributed by atoms with van der Waals surface area (Å²) in [4.78, 5) is 11.9. The van der Waals surface area contributed by atoms with E-state index in [9.17, 15) is 4.79 Å². The number of amides is 1. The molecule has 1 amide bonds. The first-order valence-corrected chi connectivity index (χ1v) is 6.45. The van der Waals surface area contributed by atoms with Gasteiger partial charge in [0.05, 0.1) is 16.8 Å². The van der Waals surface area contributed by atoms with Crippen LogP contribution in [0.5, 0.6) is 0 Å². The number of anilines is 1. The number of nitrogen functional groups attached to an aromatic ring is 1. The Morgan fingerprint density at radius 1 is 1.56 bits per heavy atom. The average Bonchev–Trinajstić information content (AvgIpc) is 2.30. The smallest absolute Gasteiger partial charge is 0.251 e. The monoisotopic (exact) mass is 268 g/mol. The lowest BCUT2D eigenvalue weighted by Gasteiger charge is -2.35. The van der Waals surface area contributed by atoms with Gasteiger partial charge in [0.1, 0.15) is 0 Å². The fourth-order valence-electron chi connectivity index (χ4n) is 1.99. The number of halogens is 1. The van der Waals surface area contributed by atoms with Crippen molar-refractivity contribution in [1.29, 1.82) is 0 Å². The molecule has 0 saturated heterocycles. The second-order valence-electron chi connectivity index (χ2n) is 4.46. The minimum Gasteiger partial charge on any atom is -0.398 e. The van der Waals surface area contributed by atoms with Gasteiger partial charge in [-0.3, -0.25) is 4.79 Å². The maximum absolute atomic E-state index is 11.9. The number of ether oxygens (including phenoxy) is 1. The van der Waals surface area contributed by atoms with E-state index in [1.807, 2.05) is 6.92 Å². The van der Waals surface area contributed by atoms with Gasteiger partial charge in [-0.2, -0.15) is 0 Å². The first-order valence-electron chi connectivity index (χ1n) is 6.07. The summed E-state index contributed by atoms with van der Waals surface area (Å²) in [6, 6.07) is 5.10. The van der Waals surface area contributed by atoms with Crippen molar-refractivity contribution in [1.82, 2.24) is 5.32 Å². The predicted octanol–water partition coefficient (Wildman–Crippen LogP) is 2.22. The Balaban J connectivity index is 1.87. The van der Waals surface area contributed by atoms with E-state index in [0.717, 1.165) is 19.4 Å². The van der Waals surface area contributed by atoms with Crippen LogP contribution in [0.3, 0.4) is 0 Å². The van der Waals surface area contributed by atoms with Crippen LogP contribution in [0, 0.1) is 0 Å². The van der Waals surface area contributed by atoms with Crippen LogP contribution in [0.25, 0.3) is 0 Å². The van der Waals surface area contributed by atoms with E-state index in [4.69, 9.17) is 22.1 Å². The van der Waals surface area contributed by atoms with Crippen LogP contribution in [0.4, 0.5) is 5.69 Å². The molecule has 0 unspecified atom stereocenters. The summed E-state index contributed by atoms with van der Waals surface area (Å²) in [5.41, 5.74) is 6.61. The molecule has 5 heteroatoms. The van der Waals surface area contributed by atoms with Gasteiger partial charge in [-0.1, -0.05) is 11.6 Å². The van der Waals surface area contributed by atoms with Gasteiger partial charge in [0, 0.05) is 18.2 Å². The standard InChI is InChI=1S/C13H17ClN2O2/c1-2-18-10-6-9(7-10)16-13(17)8-3-4-12(15)11(14)5-8/h3-5,9-10H,2,6-7,15H2,1H3,(H,16,17). The fourth-order valence-corrected chi connectivity index (χ4v) is 2.17. The molecule has 0 aromatic heterocycles. The molecule has 0 radical (unpaired) electrons. The van der Waals surface area contributed by atoms with Crippen LogP contribution in [-0.2, 0) is 4.74 Å². The lowest BCUT2D eigenvalue weighted by Crippen LogP contribution is -2.47. The van der Waals surface area contributed by atoms with Crippen molar-refractivity contribution in [3.63, 3.8) is 0 Å². The third kappa shape index (κ3) is 2.94. The van der Waals surface area contributed by atoms with Gasteiger partial charge in [-0.15, -0.1) is 0 Å². The zero-order chi connectivity index (χ0) is 13.1. The minimum absolute atomic E-state index is 0.114. The van der Waals surface area contributed by atoms with Crippen LogP contribution >= 0.6 is 11.6 Å². The van der Waals surface area contributed by atoms with Gasteiger partial charge in [-0.05, 0) is 38.0 Å². The molecule has 1 aliphatic rings. The molecule has 2 rings (SSSR count). The molecule has 0 atom stereocenters. The lowest BCUT2D eigenvalue weighted by molar-refractivity contribution is -0.00862. The molecule has 1 saturated carbocycles. The van der Waals surface area contributed by atoms with Crippen LogP contribution in [-0.4, -0.2) is 24.7 Å². The highest BCUT2D eigenvalue weighted by Crippen LogP contribution is 2.24. The van der Waals surface area contributed by atoms with Crippen molar-refractivity contribution in [3.05, 3.63) is 28.8 Å². The number of hydrogen-bond acceptors (Lipinski definition) is 3. The van der Waals surface area contributed by atoms with E-state index < -0.39 is 0 Å². The third-order valence-electron chi connectivity index (χ3n) is 3.10. The number of benzene rings is 1. The predicted molar refractivity (Wildman–Crippen MR) is 71.8 cm³/mol. The number of carbonyl (C=O) groups is 1. The number of nitrogens with two attached hydrogens (primary N) is 1. The molecule has 1 aromatic rings. The fraction of sp³-hybridized carbons (Fsp3) is 0.462. The van der Waals surface area contributed by atoms with E-state index >= 15 is 0 Å². The summed E-state index contributed by atoms with van der Waals surface area (Å²) >= 11 is 5.88. The van der Waals surface area contributed by atoms with Crippen molar-refractivity contribution in [2.45, 2.75) is 31.9 Å². The zero-order valence-corrected chi connectivity index (χ0v) is 11.0. The quantitative estimate of drug-likeness (QED) is 0.823. The lowest BCUT2D eigenvalue weighted by atomic mass is 9.89. The average molecular weight is 269 g/mol. The molecule has 18 heavy (non-hydrogen) atoms. The molecule has 98 valence electrons. The van der Waals surface area contributed by atoms with E-state index in [-0.39, 0.29) is 18.1 Å². The molecule has 0 heterocycles. The second kappa shape index (κ2) is 5.59. The first kappa shape index (κ1) is 13.2. The molecule has 1 aliphatic carbocycles. The van der Waals surface area contributed by atoms with Crippen LogP contribution in [0.2, 0.25) is 5.02 Å². The molecule has 4 nitrogen and oxygen atoms in total. The van der Waals surface area contributed by atoms with Gasteiger partial charge < -0.3 is 15.8 Å². The Morgan fingerprint density at radius 3 is 2.89 bits per heavy atom. The number of rotatable bonds is 4. The van der Waals surface area contributed by atoms with Gasteiger partial charge in [0.25, 0.3) is 5.91 Å². The summed E-state index contributed by atoms with van der Waals surface area (Å²) in [5, 5.41) is 3.36. The van der Waals surface area contributed by atoms with Crippen molar-refractivity contribution in [2.75, 3.05) is 12.3 Å². The van der Waals surface area contributed by atoms with Crippen molar-refractivity contribution in [2.24, 2.45) is 0 Å². The number of hydrogen-bond donors (Lipinski definition) is 2. The molecule has 0 aliphatic heterocycles. The Bertz CT molecular complexity index is 445. The highest BCUT2D eigenvalue weighted by atomic mass is 35.5. The van der Waals surface area contributed by atoms with Crippen molar-refractivity contribution in [3.8, 4) is 0 Å². The first-order chi connectivity index (χ1) is 8.60. The van der Waals surface area contributed by atoms with Crippen LogP contribution in [0.1, 0.15) is 30.1 Å². The van der Waals surface area contributed by atoms with E-state index in [1.165, 1.54) is 0 Å². The molecule has 1 fully saturated rings. The summed E-state index contributed by atoms with van der Waals surface area (Å²) in [6.07, 6.45) is 2.04. The van der Waals surface area contributed by atoms with Gasteiger partial charge in [0.2, 0.25) is 0 Å². The maximum Gasteiger partial charge on any atom is 0.251 e. The number of carbonyl (C=O) groups excluding carboxylic acids is 1. The van der Waals surface area contributed by atoms with Crippen LogP contribution in [0.15, 0.2) is 18.2 Å². The zero-order valence-electron chi connectivity index (χ0n) is 10.3. The summed E-state index contributed by atoms with van der Waals surface area (Å²) in [6.45, 7) is 2.70. The Kier molecular flexibility index (Phi) is 4.09. The van der Waals surface area contributed by atoms with Crippen molar-refractivity contribution >= 4 is 23.2 Å². The second-order valence-corrected chi connectivity index (χ2v) is 4.86. The highest BCUT2D eigenvalue weighted by Gasteiger charge is 2.30. The topological polar surface area (TPSA) is 64.3 Å². The van der Waals surface area contributed by atoms with E-state index in [0.29, 0.717) is 16.3 Å². The summed E-state index contributed by atoms with van der Waals surface area (Å²) in [5.74, 6) is -0.114. The van der Waals surface area contributed by atoms with Crippen molar-refractivity contribution < 1.29 is 9.53 Å². The largest absolute Gasteiger partial charge is 0.398 e.